The smallest absolute Gasteiger partial charge is 0.241 e. The molecule has 3 rings (SSSR count). The van der Waals surface area contributed by atoms with Crippen molar-refractivity contribution in [3.63, 3.8) is 0 Å². The zero-order valence-corrected chi connectivity index (χ0v) is 11.9. The summed E-state index contributed by atoms with van der Waals surface area (Å²) >= 11 is 5.97. The van der Waals surface area contributed by atoms with Crippen LogP contribution in [0.1, 0.15) is 12.8 Å². The third-order valence-electron chi connectivity index (χ3n) is 3.50. The topological polar surface area (TPSA) is 103 Å². The molecule has 0 aliphatic carbocycles. The summed E-state index contributed by atoms with van der Waals surface area (Å²) in [6.45, 7) is 1.33. The Kier molecular flexibility index (Phi) is 3.70. The maximum Gasteiger partial charge on any atom is 0.241 e. The molecule has 2 aromatic heterocycles. The van der Waals surface area contributed by atoms with Crippen LogP contribution in [0, 0.1) is 5.92 Å². The van der Waals surface area contributed by atoms with Crippen LogP contribution in [0.15, 0.2) is 18.7 Å². The number of nitrogens with two attached hydrogens (primary N) is 1. The number of amides is 1. The molecule has 2 aromatic rings. The van der Waals surface area contributed by atoms with Crippen molar-refractivity contribution in [2.45, 2.75) is 12.8 Å². The molecule has 0 bridgehead atoms. The van der Waals surface area contributed by atoms with Crippen molar-refractivity contribution in [1.29, 1.82) is 0 Å². The molecule has 0 unspecified atom stereocenters. The van der Waals surface area contributed by atoms with Gasteiger partial charge in [0.05, 0.1) is 0 Å². The summed E-state index contributed by atoms with van der Waals surface area (Å²) in [6.07, 6.45) is 6.34. The molecule has 3 heterocycles. The molecule has 0 radical (unpaired) electrons. The molecular formula is C12H14ClN7O. The average molecular weight is 308 g/mol. The quantitative estimate of drug-likeness (QED) is 0.881. The van der Waals surface area contributed by atoms with Gasteiger partial charge >= 0.3 is 0 Å². The third kappa shape index (κ3) is 2.94. The number of carbonyl (C=O) groups excluding carboxylic acids is 1. The first-order valence-corrected chi connectivity index (χ1v) is 6.95. The van der Waals surface area contributed by atoms with Crippen molar-refractivity contribution >= 4 is 23.5 Å². The van der Waals surface area contributed by atoms with Gasteiger partial charge in [-0.3, -0.25) is 9.36 Å². The second-order valence-corrected chi connectivity index (χ2v) is 5.18. The lowest BCUT2D eigenvalue weighted by atomic mass is 9.96. The number of rotatable bonds is 3. The minimum Gasteiger partial charge on any atom is -0.369 e. The first-order valence-electron chi connectivity index (χ1n) is 6.57. The van der Waals surface area contributed by atoms with Gasteiger partial charge in [-0.2, -0.15) is 15.0 Å². The maximum atomic E-state index is 11.2. The molecule has 1 saturated heterocycles. The van der Waals surface area contributed by atoms with E-state index in [1.165, 1.54) is 0 Å². The van der Waals surface area contributed by atoms with Crippen LogP contribution in [0.3, 0.4) is 0 Å². The van der Waals surface area contributed by atoms with Crippen molar-refractivity contribution < 1.29 is 4.79 Å². The van der Waals surface area contributed by atoms with E-state index in [9.17, 15) is 4.79 Å². The molecule has 1 amide bonds. The zero-order chi connectivity index (χ0) is 14.8. The number of halogens is 1. The molecule has 0 atom stereocenters. The Morgan fingerprint density at radius 2 is 1.95 bits per heavy atom. The summed E-state index contributed by atoms with van der Waals surface area (Å²) in [5.74, 6) is 0.593. The second kappa shape index (κ2) is 5.65. The molecule has 8 nitrogen and oxygen atoms in total. The SMILES string of the molecule is NC(=O)C1CCN(c2nc(Cl)nc(-n3ccnc3)n2)CC1. The second-order valence-electron chi connectivity index (χ2n) is 4.84. The van der Waals surface area contributed by atoms with Gasteiger partial charge in [0.2, 0.25) is 23.1 Å². The van der Waals surface area contributed by atoms with E-state index >= 15 is 0 Å². The number of nitrogens with zero attached hydrogens (tertiary/aromatic N) is 6. The van der Waals surface area contributed by atoms with E-state index in [2.05, 4.69) is 19.9 Å². The molecule has 9 heteroatoms. The number of piperidine rings is 1. The van der Waals surface area contributed by atoms with Crippen LogP contribution in [0.25, 0.3) is 5.95 Å². The molecule has 21 heavy (non-hydrogen) atoms. The fraction of sp³-hybridized carbons (Fsp3) is 0.417. The largest absolute Gasteiger partial charge is 0.369 e. The molecule has 0 spiro atoms. The number of hydrogen-bond acceptors (Lipinski definition) is 6. The maximum absolute atomic E-state index is 11.2. The van der Waals surface area contributed by atoms with E-state index in [0.717, 1.165) is 0 Å². The van der Waals surface area contributed by atoms with Crippen molar-refractivity contribution in [2.24, 2.45) is 11.7 Å². The Bertz CT molecular complexity index is 637. The molecule has 1 fully saturated rings. The Balaban J connectivity index is 1.82. The average Bonchev–Trinajstić information content (AvgIpc) is 3.01. The highest BCUT2D eigenvalue weighted by Gasteiger charge is 2.25. The van der Waals surface area contributed by atoms with Gasteiger partial charge in [0, 0.05) is 31.4 Å². The lowest BCUT2D eigenvalue weighted by Crippen LogP contribution is -2.39. The molecular weight excluding hydrogens is 294 g/mol. The highest BCUT2D eigenvalue weighted by Crippen LogP contribution is 2.21. The lowest BCUT2D eigenvalue weighted by molar-refractivity contribution is -0.122. The fourth-order valence-electron chi connectivity index (χ4n) is 2.33. The highest BCUT2D eigenvalue weighted by atomic mass is 35.5. The Labute approximate surface area is 126 Å². The third-order valence-corrected chi connectivity index (χ3v) is 3.67. The van der Waals surface area contributed by atoms with Gasteiger partial charge in [-0.15, -0.1) is 0 Å². The summed E-state index contributed by atoms with van der Waals surface area (Å²) < 4.78 is 1.66. The van der Waals surface area contributed by atoms with Gasteiger partial charge in [-0.1, -0.05) is 0 Å². The van der Waals surface area contributed by atoms with Crippen LogP contribution in [0.2, 0.25) is 5.28 Å². The number of primary amides is 1. The highest BCUT2D eigenvalue weighted by molar-refractivity contribution is 6.28. The van der Waals surface area contributed by atoms with Crippen LogP contribution in [-0.2, 0) is 4.79 Å². The zero-order valence-electron chi connectivity index (χ0n) is 11.2. The first kappa shape index (κ1) is 13.7. The van der Waals surface area contributed by atoms with Crippen LogP contribution >= 0.6 is 11.6 Å². The van der Waals surface area contributed by atoms with E-state index < -0.39 is 0 Å². The van der Waals surface area contributed by atoms with Crippen molar-refractivity contribution in [3.05, 3.63) is 24.0 Å². The van der Waals surface area contributed by atoms with Crippen LogP contribution < -0.4 is 10.6 Å². The van der Waals surface area contributed by atoms with Crippen molar-refractivity contribution in [3.8, 4) is 5.95 Å². The van der Waals surface area contributed by atoms with Crippen LogP contribution in [-0.4, -0.2) is 43.5 Å². The molecule has 110 valence electrons. The van der Waals surface area contributed by atoms with Crippen molar-refractivity contribution in [2.75, 3.05) is 18.0 Å². The summed E-state index contributed by atoms with van der Waals surface area (Å²) in [4.78, 5) is 29.8. The molecule has 0 aromatic carbocycles. The van der Waals surface area contributed by atoms with Gasteiger partial charge in [0.25, 0.3) is 0 Å². The van der Waals surface area contributed by atoms with Gasteiger partial charge in [-0.25, -0.2) is 4.98 Å². The summed E-state index contributed by atoms with van der Waals surface area (Å²) in [6, 6.07) is 0. The summed E-state index contributed by atoms with van der Waals surface area (Å²) in [7, 11) is 0. The minimum atomic E-state index is -0.248. The first-order chi connectivity index (χ1) is 10.1. The van der Waals surface area contributed by atoms with Crippen LogP contribution in [0.4, 0.5) is 5.95 Å². The van der Waals surface area contributed by atoms with Gasteiger partial charge in [-0.05, 0) is 24.4 Å². The number of imidazole rings is 1. The van der Waals surface area contributed by atoms with E-state index in [1.807, 2.05) is 4.90 Å². The predicted octanol–water partition coefficient (Wildman–Crippen LogP) is 0.412. The number of aromatic nitrogens is 5. The predicted molar refractivity (Wildman–Crippen MR) is 76.1 cm³/mol. The van der Waals surface area contributed by atoms with Crippen molar-refractivity contribution in [1.82, 2.24) is 24.5 Å². The van der Waals surface area contributed by atoms with Gasteiger partial charge in [0.15, 0.2) is 0 Å². The fourth-order valence-corrected chi connectivity index (χ4v) is 2.48. The molecule has 0 saturated carbocycles. The Hall–Kier alpha value is -2.22. The summed E-state index contributed by atoms with van der Waals surface area (Å²) in [5.41, 5.74) is 5.33. The number of hydrogen-bond donors (Lipinski definition) is 1. The lowest BCUT2D eigenvalue weighted by Gasteiger charge is -2.30. The molecule has 1 aliphatic rings. The number of carbonyl (C=O) groups is 1. The Morgan fingerprint density at radius 1 is 1.24 bits per heavy atom. The van der Waals surface area contributed by atoms with Gasteiger partial charge in [0.1, 0.15) is 6.33 Å². The van der Waals surface area contributed by atoms with E-state index in [-0.39, 0.29) is 17.1 Å². The monoisotopic (exact) mass is 307 g/mol. The standard InChI is InChI=1S/C12H14ClN7O/c13-10-16-11(18-12(17-10)20-6-3-15-7-20)19-4-1-8(2-5-19)9(14)21/h3,6-8H,1-2,4-5H2,(H2,14,21). The minimum absolute atomic E-state index is 0.0771. The van der Waals surface area contributed by atoms with E-state index in [1.54, 1.807) is 23.3 Å². The van der Waals surface area contributed by atoms with E-state index in [4.69, 9.17) is 17.3 Å². The number of anilines is 1. The molecule has 1 aliphatic heterocycles. The normalized spacial score (nSPS) is 16.1. The summed E-state index contributed by atoms with van der Waals surface area (Å²) in [5, 5.41) is 0.126. The Morgan fingerprint density at radius 3 is 2.57 bits per heavy atom. The van der Waals surface area contributed by atoms with Crippen LogP contribution in [0.5, 0.6) is 0 Å². The van der Waals surface area contributed by atoms with Gasteiger partial charge < -0.3 is 10.6 Å². The van der Waals surface area contributed by atoms with E-state index in [0.29, 0.717) is 37.8 Å². The molecule has 2 N–H and O–H groups in total.